The summed E-state index contributed by atoms with van der Waals surface area (Å²) in [5.74, 6) is 0.658. The molecule has 1 saturated heterocycles. The van der Waals surface area contributed by atoms with Gasteiger partial charge >= 0.3 is 0 Å². The van der Waals surface area contributed by atoms with E-state index in [1.54, 1.807) is 7.11 Å². The zero-order chi connectivity index (χ0) is 16.9. The summed E-state index contributed by atoms with van der Waals surface area (Å²) < 4.78 is 5.30. The van der Waals surface area contributed by atoms with Crippen LogP contribution in [0.4, 0.5) is 0 Å². The first-order valence-electron chi connectivity index (χ1n) is 8.07. The molecule has 2 aromatic rings. The average Bonchev–Trinajstić information content (AvgIpc) is 2.63. The zero-order valence-corrected chi connectivity index (χ0v) is 15.7. The number of hydrogen-bond acceptors (Lipinski definition) is 3. The van der Waals surface area contributed by atoms with Crippen molar-refractivity contribution in [3.05, 3.63) is 64.7 Å². The summed E-state index contributed by atoms with van der Waals surface area (Å²) in [6, 6.07) is 15.3. The highest BCUT2D eigenvalue weighted by Gasteiger charge is 2.24. The second kappa shape index (κ2) is 9.09. The Bertz CT molecular complexity index is 716. The highest BCUT2D eigenvalue weighted by molar-refractivity contribution is 6.31. The van der Waals surface area contributed by atoms with Crippen LogP contribution in [0, 0.1) is 0 Å². The van der Waals surface area contributed by atoms with Crippen molar-refractivity contribution in [2.45, 2.75) is 6.54 Å². The number of para-hydroxylation sites is 1. The van der Waals surface area contributed by atoms with Crippen LogP contribution < -0.4 is 4.74 Å². The van der Waals surface area contributed by atoms with Crippen LogP contribution in [0.5, 0.6) is 5.75 Å². The molecule has 0 unspecified atom stereocenters. The van der Waals surface area contributed by atoms with Crippen molar-refractivity contribution >= 4 is 29.9 Å². The van der Waals surface area contributed by atoms with E-state index in [0.29, 0.717) is 24.4 Å². The number of halogens is 2. The summed E-state index contributed by atoms with van der Waals surface area (Å²) in [6.07, 6.45) is 0. The monoisotopic (exact) mass is 380 g/mol. The molecule has 134 valence electrons. The minimum Gasteiger partial charge on any atom is -0.496 e. The number of hydrogen-bond donors (Lipinski definition) is 0. The van der Waals surface area contributed by atoms with Gasteiger partial charge in [-0.1, -0.05) is 41.9 Å². The Morgan fingerprint density at radius 2 is 1.68 bits per heavy atom. The van der Waals surface area contributed by atoms with E-state index in [1.165, 1.54) is 0 Å². The van der Waals surface area contributed by atoms with Gasteiger partial charge in [-0.05, 0) is 23.8 Å². The number of amides is 1. The van der Waals surface area contributed by atoms with Gasteiger partial charge in [0, 0.05) is 37.7 Å². The van der Waals surface area contributed by atoms with E-state index in [-0.39, 0.29) is 18.3 Å². The fourth-order valence-electron chi connectivity index (χ4n) is 2.97. The van der Waals surface area contributed by atoms with Gasteiger partial charge in [0.25, 0.3) is 5.91 Å². The third-order valence-corrected chi connectivity index (χ3v) is 4.72. The molecule has 0 saturated carbocycles. The topological polar surface area (TPSA) is 32.8 Å². The Hall–Kier alpha value is -1.75. The van der Waals surface area contributed by atoms with Gasteiger partial charge in [-0.2, -0.15) is 0 Å². The average molecular weight is 381 g/mol. The fraction of sp³-hybridized carbons (Fsp3) is 0.316. The largest absolute Gasteiger partial charge is 0.496 e. The maximum atomic E-state index is 12.7. The quantitative estimate of drug-likeness (QED) is 0.809. The standard InChI is InChI=1S/C19H21ClN2O2.ClH/c1-24-18-9-5-3-7-16(18)19(23)22-12-10-21(11-13-22)14-15-6-2-4-8-17(15)20;/h2-9H,10-14H2,1H3;1H. The Morgan fingerprint density at radius 3 is 2.36 bits per heavy atom. The van der Waals surface area contributed by atoms with E-state index < -0.39 is 0 Å². The summed E-state index contributed by atoms with van der Waals surface area (Å²) in [5.41, 5.74) is 1.75. The van der Waals surface area contributed by atoms with Crippen LogP contribution in [-0.2, 0) is 6.54 Å². The van der Waals surface area contributed by atoms with Crippen molar-refractivity contribution in [2.75, 3.05) is 33.3 Å². The van der Waals surface area contributed by atoms with Gasteiger partial charge in [0.2, 0.25) is 0 Å². The number of piperazine rings is 1. The molecule has 0 bridgehead atoms. The van der Waals surface area contributed by atoms with E-state index in [0.717, 1.165) is 30.2 Å². The number of methoxy groups -OCH3 is 1. The molecular formula is C19H22Cl2N2O2. The molecular weight excluding hydrogens is 359 g/mol. The third kappa shape index (κ3) is 4.66. The summed E-state index contributed by atoms with van der Waals surface area (Å²) in [7, 11) is 1.59. The number of rotatable bonds is 4. The van der Waals surface area contributed by atoms with E-state index in [9.17, 15) is 4.79 Å². The highest BCUT2D eigenvalue weighted by atomic mass is 35.5. The number of carbonyl (C=O) groups excluding carboxylic acids is 1. The maximum absolute atomic E-state index is 12.7. The molecule has 1 amide bonds. The molecule has 3 rings (SSSR count). The molecule has 2 aromatic carbocycles. The van der Waals surface area contributed by atoms with Crippen LogP contribution in [0.1, 0.15) is 15.9 Å². The lowest BCUT2D eigenvalue weighted by molar-refractivity contribution is 0.0625. The Labute approximate surface area is 159 Å². The van der Waals surface area contributed by atoms with Crippen LogP contribution in [0.2, 0.25) is 5.02 Å². The SMILES string of the molecule is COc1ccccc1C(=O)N1CCN(Cc2ccccc2Cl)CC1.Cl. The summed E-state index contributed by atoms with van der Waals surface area (Å²) in [5, 5.41) is 0.796. The molecule has 1 fully saturated rings. The maximum Gasteiger partial charge on any atom is 0.257 e. The third-order valence-electron chi connectivity index (χ3n) is 4.35. The van der Waals surface area contributed by atoms with Crippen LogP contribution >= 0.6 is 24.0 Å². The van der Waals surface area contributed by atoms with Crippen molar-refractivity contribution in [3.63, 3.8) is 0 Å². The van der Waals surface area contributed by atoms with Crippen LogP contribution in [0.15, 0.2) is 48.5 Å². The molecule has 4 nitrogen and oxygen atoms in total. The lowest BCUT2D eigenvalue weighted by Gasteiger charge is -2.35. The van der Waals surface area contributed by atoms with Gasteiger partial charge in [-0.3, -0.25) is 9.69 Å². The van der Waals surface area contributed by atoms with Crippen molar-refractivity contribution < 1.29 is 9.53 Å². The highest BCUT2D eigenvalue weighted by Crippen LogP contribution is 2.21. The van der Waals surface area contributed by atoms with Crippen molar-refractivity contribution in [3.8, 4) is 5.75 Å². The summed E-state index contributed by atoms with van der Waals surface area (Å²) >= 11 is 6.23. The lowest BCUT2D eigenvalue weighted by atomic mass is 10.1. The van der Waals surface area contributed by atoms with Crippen LogP contribution in [0.3, 0.4) is 0 Å². The molecule has 25 heavy (non-hydrogen) atoms. The van der Waals surface area contributed by atoms with E-state index in [4.69, 9.17) is 16.3 Å². The van der Waals surface area contributed by atoms with Crippen molar-refractivity contribution in [2.24, 2.45) is 0 Å². The van der Waals surface area contributed by atoms with Crippen LogP contribution in [-0.4, -0.2) is 49.0 Å². The molecule has 0 aliphatic carbocycles. The molecule has 1 aliphatic heterocycles. The molecule has 1 heterocycles. The number of ether oxygens (including phenoxy) is 1. The van der Waals surface area contributed by atoms with Crippen molar-refractivity contribution in [1.82, 2.24) is 9.80 Å². The Balaban J connectivity index is 0.00000225. The predicted molar refractivity (Wildman–Crippen MR) is 103 cm³/mol. The molecule has 6 heteroatoms. The van der Waals surface area contributed by atoms with E-state index in [1.807, 2.05) is 47.4 Å². The fourth-order valence-corrected chi connectivity index (χ4v) is 3.16. The van der Waals surface area contributed by atoms with Gasteiger partial charge in [-0.15, -0.1) is 12.4 Å². The first-order chi connectivity index (χ1) is 11.7. The van der Waals surface area contributed by atoms with Gasteiger partial charge in [0.1, 0.15) is 5.75 Å². The first-order valence-corrected chi connectivity index (χ1v) is 8.45. The molecule has 0 radical (unpaired) electrons. The number of carbonyl (C=O) groups is 1. The normalized spacial score (nSPS) is 14.7. The summed E-state index contributed by atoms with van der Waals surface area (Å²) in [6.45, 7) is 3.91. The molecule has 0 aromatic heterocycles. The predicted octanol–water partition coefficient (Wildman–Crippen LogP) is 3.73. The van der Waals surface area contributed by atoms with Crippen molar-refractivity contribution in [1.29, 1.82) is 0 Å². The Morgan fingerprint density at radius 1 is 1.04 bits per heavy atom. The molecule has 0 atom stereocenters. The number of nitrogens with zero attached hydrogens (tertiary/aromatic N) is 2. The zero-order valence-electron chi connectivity index (χ0n) is 14.2. The van der Waals surface area contributed by atoms with Gasteiger partial charge in [-0.25, -0.2) is 0 Å². The van der Waals surface area contributed by atoms with E-state index >= 15 is 0 Å². The van der Waals surface area contributed by atoms with Gasteiger partial charge in [0.15, 0.2) is 0 Å². The molecule has 0 spiro atoms. The lowest BCUT2D eigenvalue weighted by Crippen LogP contribution is -2.48. The minimum absolute atomic E-state index is 0. The van der Waals surface area contributed by atoms with E-state index in [2.05, 4.69) is 11.0 Å². The minimum atomic E-state index is 0. The smallest absolute Gasteiger partial charge is 0.257 e. The Kier molecular flexibility index (Phi) is 7.12. The molecule has 1 aliphatic rings. The van der Waals surface area contributed by atoms with Crippen LogP contribution in [0.25, 0.3) is 0 Å². The van der Waals surface area contributed by atoms with Gasteiger partial charge < -0.3 is 9.64 Å². The first kappa shape index (κ1) is 19.6. The number of benzene rings is 2. The summed E-state index contributed by atoms with van der Waals surface area (Å²) in [4.78, 5) is 16.9. The van der Waals surface area contributed by atoms with Gasteiger partial charge in [0.05, 0.1) is 12.7 Å². The molecule has 0 N–H and O–H groups in total. The second-order valence-electron chi connectivity index (χ2n) is 5.86. The second-order valence-corrected chi connectivity index (χ2v) is 6.27.